The van der Waals surface area contributed by atoms with E-state index in [4.69, 9.17) is 11.6 Å². The fourth-order valence-corrected chi connectivity index (χ4v) is 3.76. The number of ketones is 1. The third-order valence-corrected chi connectivity index (χ3v) is 5.37. The molecule has 1 amide bonds. The summed E-state index contributed by atoms with van der Waals surface area (Å²) in [7, 11) is 0. The Bertz CT molecular complexity index is 1090. The van der Waals surface area contributed by atoms with Crippen molar-refractivity contribution in [2.75, 3.05) is 4.90 Å². The highest BCUT2D eigenvalue weighted by Gasteiger charge is 2.51. The van der Waals surface area contributed by atoms with Crippen LogP contribution in [0.5, 0.6) is 0 Å². The highest BCUT2D eigenvalue weighted by Crippen LogP contribution is 2.44. The summed E-state index contributed by atoms with van der Waals surface area (Å²) in [5.74, 6) is -1.67. The average molecular weight is 411 g/mol. The number of anilines is 1. The summed E-state index contributed by atoms with van der Waals surface area (Å²) in [6.07, 6.45) is 2.46. The van der Waals surface area contributed by atoms with E-state index < -0.39 is 29.5 Å². The number of nitrogens with zero attached hydrogens (tertiary/aromatic N) is 2. The smallest absolute Gasteiger partial charge is 0.264 e. The number of Topliss-reactive ketones (excluding diaryl/α,β-unsaturated/α-hetero) is 1. The Hall–Kier alpha value is -3.09. The quantitative estimate of drug-likeness (QED) is 0.648. The van der Waals surface area contributed by atoms with Crippen molar-refractivity contribution in [2.45, 2.75) is 18.6 Å². The molecule has 4 rings (SSSR count). The zero-order chi connectivity index (χ0) is 20.6. The van der Waals surface area contributed by atoms with Crippen LogP contribution in [0.3, 0.4) is 0 Å². The van der Waals surface area contributed by atoms with Gasteiger partial charge in [-0.1, -0.05) is 35.9 Å². The SMILES string of the molecule is O=C(CC1(O)C(=O)N(Cc2c(F)cccc2Cl)c2ccccc21)c1cccnc1. The molecule has 1 aromatic heterocycles. The van der Waals surface area contributed by atoms with Gasteiger partial charge in [0.1, 0.15) is 5.82 Å². The van der Waals surface area contributed by atoms with Crippen LogP contribution in [0, 0.1) is 5.82 Å². The zero-order valence-electron chi connectivity index (χ0n) is 15.2. The van der Waals surface area contributed by atoms with Gasteiger partial charge in [0.15, 0.2) is 11.4 Å². The van der Waals surface area contributed by atoms with Crippen molar-refractivity contribution < 1.29 is 19.1 Å². The standard InChI is InChI=1S/C22H16ClFN2O3/c23-17-7-3-8-18(24)15(17)13-26-19-9-2-1-6-16(19)22(29,21(26)28)11-20(27)14-5-4-10-25-12-14/h1-10,12,29H,11,13H2. The van der Waals surface area contributed by atoms with Crippen molar-refractivity contribution in [3.8, 4) is 0 Å². The van der Waals surface area contributed by atoms with Crippen LogP contribution in [0.1, 0.15) is 27.9 Å². The van der Waals surface area contributed by atoms with Crippen LogP contribution < -0.4 is 4.90 Å². The van der Waals surface area contributed by atoms with Crippen LogP contribution in [0.15, 0.2) is 67.0 Å². The Morgan fingerprint density at radius 2 is 1.93 bits per heavy atom. The number of benzene rings is 2. The Kier molecular flexibility index (Phi) is 4.90. The molecule has 1 aliphatic heterocycles. The lowest BCUT2D eigenvalue weighted by Crippen LogP contribution is -2.41. The zero-order valence-corrected chi connectivity index (χ0v) is 15.9. The van der Waals surface area contributed by atoms with Crippen LogP contribution in [-0.4, -0.2) is 21.8 Å². The fourth-order valence-electron chi connectivity index (χ4n) is 3.54. The summed E-state index contributed by atoms with van der Waals surface area (Å²) >= 11 is 6.12. The van der Waals surface area contributed by atoms with E-state index >= 15 is 0 Å². The van der Waals surface area contributed by atoms with Crippen molar-refractivity contribution in [1.29, 1.82) is 0 Å². The Labute approximate surface area is 171 Å². The molecule has 1 aliphatic rings. The fraction of sp³-hybridized carbons (Fsp3) is 0.136. The summed E-state index contributed by atoms with van der Waals surface area (Å²) in [4.78, 5) is 31.1. The predicted octanol–water partition coefficient (Wildman–Crippen LogP) is 3.88. The number of pyridine rings is 1. The second-order valence-corrected chi connectivity index (χ2v) is 7.22. The van der Waals surface area contributed by atoms with Gasteiger partial charge in [-0.05, 0) is 30.3 Å². The van der Waals surface area contributed by atoms with Crippen LogP contribution in [0.4, 0.5) is 10.1 Å². The number of halogens is 2. The van der Waals surface area contributed by atoms with E-state index in [1.165, 1.54) is 35.5 Å². The first kappa shape index (κ1) is 19.2. The molecule has 0 fully saturated rings. The first-order chi connectivity index (χ1) is 13.9. The van der Waals surface area contributed by atoms with E-state index in [0.717, 1.165) is 0 Å². The van der Waals surface area contributed by atoms with Gasteiger partial charge >= 0.3 is 0 Å². The molecule has 1 unspecified atom stereocenters. The highest BCUT2D eigenvalue weighted by atomic mass is 35.5. The number of aliphatic hydroxyl groups is 1. The van der Waals surface area contributed by atoms with Crippen LogP contribution in [0.2, 0.25) is 5.02 Å². The molecule has 0 bridgehead atoms. The Morgan fingerprint density at radius 1 is 1.14 bits per heavy atom. The molecule has 0 saturated carbocycles. The number of carbonyl (C=O) groups excluding carboxylic acids is 2. The van der Waals surface area contributed by atoms with Crippen molar-refractivity contribution >= 4 is 29.0 Å². The highest BCUT2D eigenvalue weighted by molar-refractivity contribution is 6.31. The monoisotopic (exact) mass is 410 g/mol. The number of para-hydroxylation sites is 1. The minimum atomic E-state index is -2.05. The van der Waals surface area contributed by atoms with Crippen LogP contribution >= 0.6 is 11.6 Å². The van der Waals surface area contributed by atoms with E-state index in [9.17, 15) is 19.1 Å². The molecule has 5 nitrogen and oxygen atoms in total. The van der Waals surface area contributed by atoms with Crippen molar-refractivity contribution in [2.24, 2.45) is 0 Å². The maximum Gasteiger partial charge on any atom is 0.264 e. The van der Waals surface area contributed by atoms with Gasteiger partial charge in [0, 0.05) is 34.1 Å². The van der Waals surface area contributed by atoms with Gasteiger partial charge in [0.2, 0.25) is 0 Å². The first-order valence-corrected chi connectivity index (χ1v) is 9.29. The predicted molar refractivity (Wildman–Crippen MR) is 106 cm³/mol. The van der Waals surface area contributed by atoms with Gasteiger partial charge in [-0.3, -0.25) is 14.6 Å². The number of amides is 1. The molecule has 0 saturated heterocycles. The molecule has 2 aromatic carbocycles. The lowest BCUT2D eigenvalue weighted by molar-refractivity contribution is -0.136. The first-order valence-electron chi connectivity index (χ1n) is 8.92. The van der Waals surface area contributed by atoms with Gasteiger partial charge in [-0.15, -0.1) is 0 Å². The Balaban J connectivity index is 1.72. The molecule has 7 heteroatoms. The summed E-state index contributed by atoms with van der Waals surface area (Å²) in [6, 6.07) is 14.1. The minimum absolute atomic E-state index is 0.139. The lowest BCUT2D eigenvalue weighted by Gasteiger charge is -2.23. The molecule has 0 radical (unpaired) electrons. The lowest BCUT2D eigenvalue weighted by atomic mass is 9.88. The van der Waals surface area contributed by atoms with Gasteiger partial charge in [-0.2, -0.15) is 0 Å². The molecule has 3 aromatic rings. The topological polar surface area (TPSA) is 70.5 Å². The second kappa shape index (κ2) is 7.39. The molecule has 29 heavy (non-hydrogen) atoms. The van der Waals surface area contributed by atoms with Crippen molar-refractivity contribution in [3.05, 3.63) is 94.5 Å². The largest absolute Gasteiger partial charge is 0.375 e. The molecule has 0 spiro atoms. The molecule has 1 N–H and O–H groups in total. The third-order valence-electron chi connectivity index (χ3n) is 5.02. The number of hydrogen-bond donors (Lipinski definition) is 1. The van der Waals surface area contributed by atoms with Crippen molar-refractivity contribution in [1.82, 2.24) is 4.98 Å². The van der Waals surface area contributed by atoms with Gasteiger partial charge in [0.25, 0.3) is 5.91 Å². The molecule has 0 aliphatic carbocycles. The van der Waals surface area contributed by atoms with E-state index in [0.29, 0.717) is 16.8 Å². The number of aromatic nitrogens is 1. The summed E-state index contributed by atoms with van der Waals surface area (Å²) < 4.78 is 14.3. The number of carbonyl (C=O) groups is 2. The van der Waals surface area contributed by atoms with E-state index in [2.05, 4.69) is 4.98 Å². The molecular formula is C22H16ClFN2O3. The molecule has 146 valence electrons. The minimum Gasteiger partial charge on any atom is -0.375 e. The summed E-state index contributed by atoms with van der Waals surface area (Å²) in [5.41, 5.74) is -0.906. The number of hydrogen-bond acceptors (Lipinski definition) is 4. The molecule has 1 atom stereocenters. The van der Waals surface area contributed by atoms with E-state index in [-0.39, 0.29) is 17.1 Å². The normalized spacial score (nSPS) is 18.0. The van der Waals surface area contributed by atoms with E-state index in [1.807, 2.05) is 0 Å². The van der Waals surface area contributed by atoms with Crippen LogP contribution in [0.25, 0.3) is 0 Å². The molecular weight excluding hydrogens is 395 g/mol. The second-order valence-electron chi connectivity index (χ2n) is 6.81. The van der Waals surface area contributed by atoms with Gasteiger partial charge in [0.05, 0.1) is 18.7 Å². The number of rotatable bonds is 5. The van der Waals surface area contributed by atoms with E-state index in [1.54, 1.807) is 36.4 Å². The maximum absolute atomic E-state index is 14.3. The summed E-state index contributed by atoms with van der Waals surface area (Å²) in [5, 5.41) is 11.4. The van der Waals surface area contributed by atoms with Gasteiger partial charge in [-0.25, -0.2) is 4.39 Å². The van der Waals surface area contributed by atoms with Crippen LogP contribution in [-0.2, 0) is 16.9 Å². The third kappa shape index (κ3) is 3.30. The summed E-state index contributed by atoms with van der Waals surface area (Å²) in [6.45, 7) is -0.162. The van der Waals surface area contributed by atoms with Gasteiger partial charge < -0.3 is 10.0 Å². The molecule has 2 heterocycles. The van der Waals surface area contributed by atoms with Crippen molar-refractivity contribution in [3.63, 3.8) is 0 Å². The average Bonchev–Trinajstić information content (AvgIpc) is 2.93. The maximum atomic E-state index is 14.3. The number of fused-ring (bicyclic) bond motifs is 1. The Morgan fingerprint density at radius 3 is 2.66 bits per heavy atom.